The summed E-state index contributed by atoms with van der Waals surface area (Å²) in [6.45, 7) is 1.90. The molecule has 2 rings (SSSR count). The molecule has 0 radical (unpaired) electrons. The maximum atomic E-state index is 12.4. The largest absolute Gasteiger partial charge is 0.352 e. The van der Waals surface area contributed by atoms with Crippen LogP contribution in [-0.4, -0.2) is 22.6 Å². The van der Waals surface area contributed by atoms with Gasteiger partial charge in [-0.05, 0) is 23.3 Å². The van der Waals surface area contributed by atoms with Crippen LogP contribution in [0.3, 0.4) is 0 Å². The molecule has 0 aliphatic heterocycles. The Labute approximate surface area is 161 Å². The van der Waals surface area contributed by atoms with Crippen LogP contribution >= 0.6 is 21.6 Å². The molecule has 1 unspecified atom stereocenters. The number of amides is 1. The average Bonchev–Trinajstić information content (AvgIpc) is 2.66. The van der Waals surface area contributed by atoms with Gasteiger partial charge in [-0.15, -0.1) is 0 Å². The number of ketones is 1. The molecule has 2 aromatic rings. The summed E-state index contributed by atoms with van der Waals surface area (Å²) >= 11 is 0. The van der Waals surface area contributed by atoms with Gasteiger partial charge in [0.1, 0.15) is 5.78 Å². The molecule has 2 aromatic carbocycles. The summed E-state index contributed by atoms with van der Waals surface area (Å²) in [5.74, 6) is -0.241. The third-order valence-electron chi connectivity index (χ3n) is 3.63. The van der Waals surface area contributed by atoms with E-state index < -0.39 is 5.92 Å². The first-order valence-electron chi connectivity index (χ1n) is 8.26. The number of Topliss-reactive ketones (excluding diaryl/α,β-unsaturated/α-hetero) is 1. The van der Waals surface area contributed by atoms with Crippen LogP contribution in [0.25, 0.3) is 0 Å². The molecule has 26 heavy (non-hydrogen) atoms. The third-order valence-corrected chi connectivity index (χ3v) is 5.89. The molecular formula is C20H21NO3S2. The van der Waals surface area contributed by atoms with Crippen molar-refractivity contribution in [2.75, 3.05) is 5.75 Å². The molecule has 4 nitrogen and oxygen atoms in total. The zero-order valence-corrected chi connectivity index (χ0v) is 16.1. The second kappa shape index (κ2) is 10.8. The molecule has 136 valence electrons. The highest BCUT2D eigenvalue weighted by molar-refractivity contribution is 8.82. The molecule has 0 spiro atoms. The van der Waals surface area contributed by atoms with E-state index >= 15 is 0 Å². The monoisotopic (exact) mass is 387 g/mol. The van der Waals surface area contributed by atoms with Crippen LogP contribution in [0.5, 0.6) is 0 Å². The third kappa shape index (κ3) is 7.06. The van der Waals surface area contributed by atoms with Gasteiger partial charge in [0, 0.05) is 24.3 Å². The first kappa shape index (κ1) is 20.3. The molecule has 6 heteroatoms. The van der Waals surface area contributed by atoms with Crippen molar-refractivity contribution in [3.8, 4) is 0 Å². The van der Waals surface area contributed by atoms with Gasteiger partial charge in [-0.1, -0.05) is 71.5 Å². The summed E-state index contributed by atoms with van der Waals surface area (Å²) in [6, 6.07) is 18.6. The fourth-order valence-electron chi connectivity index (χ4n) is 2.30. The van der Waals surface area contributed by atoms with Gasteiger partial charge in [-0.3, -0.25) is 9.59 Å². The molecule has 0 fully saturated rings. The van der Waals surface area contributed by atoms with Crippen LogP contribution in [0.1, 0.15) is 29.3 Å². The molecular weight excluding hydrogens is 366 g/mol. The van der Waals surface area contributed by atoms with Crippen LogP contribution in [-0.2, 0) is 16.1 Å². The van der Waals surface area contributed by atoms with Gasteiger partial charge in [-0.2, -0.15) is 0 Å². The first-order chi connectivity index (χ1) is 12.6. The lowest BCUT2D eigenvalue weighted by atomic mass is 10.0. The van der Waals surface area contributed by atoms with Crippen LogP contribution < -0.4 is 5.32 Å². The molecule has 0 aliphatic rings. The van der Waals surface area contributed by atoms with Crippen molar-refractivity contribution in [3.63, 3.8) is 0 Å². The second-order valence-corrected chi connectivity index (χ2v) is 8.14. The van der Waals surface area contributed by atoms with Gasteiger partial charge in [-0.25, -0.2) is 0 Å². The topological polar surface area (TPSA) is 63.2 Å². The smallest absolute Gasteiger partial charge is 0.229 e. The highest BCUT2D eigenvalue weighted by atomic mass is 33.1. The lowest BCUT2D eigenvalue weighted by Crippen LogP contribution is -2.32. The Hall–Kier alpha value is -2.05. The highest BCUT2D eigenvalue weighted by Crippen LogP contribution is 2.29. The SMILES string of the molecule is CC(=O)CC(CSSC(=O)c1ccccc1)C(=O)NCc1ccccc1. The molecule has 0 aliphatic carbocycles. The number of benzene rings is 2. The van der Waals surface area contributed by atoms with Crippen molar-refractivity contribution in [1.82, 2.24) is 5.32 Å². The predicted octanol–water partition coefficient (Wildman–Crippen LogP) is 4.12. The number of rotatable bonds is 9. The Morgan fingerprint density at radius 3 is 2.19 bits per heavy atom. The molecule has 1 amide bonds. The Kier molecular flexibility index (Phi) is 8.44. The molecule has 1 atom stereocenters. The Bertz CT molecular complexity index is 735. The number of hydrogen-bond acceptors (Lipinski definition) is 5. The Balaban J connectivity index is 1.84. The van der Waals surface area contributed by atoms with Crippen LogP contribution in [0.4, 0.5) is 0 Å². The van der Waals surface area contributed by atoms with Crippen molar-refractivity contribution >= 4 is 38.4 Å². The molecule has 1 N–H and O–H groups in total. The van der Waals surface area contributed by atoms with Gasteiger partial charge >= 0.3 is 0 Å². The summed E-state index contributed by atoms with van der Waals surface area (Å²) in [5.41, 5.74) is 1.63. The van der Waals surface area contributed by atoms with Gasteiger partial charge in [0.05, 0.1) is 5.92 Å². The second-order valence-electron chi connectivity index (χ2n) is 5.83. The van der Waals surface area contributed by atoms with E-state index in [9.17, 15) is 14.4 Å². The van der Waals surface area contributed by atoms with E-state index in [1.54, 1.807) is 12.1 Å². The van der Waals surface area contributed by atoms with Crippen molar-refractivity contribution in [1.29, 1.82) is 0 Å². The number of nitrogens with one attached hydrogen (secondary N) is 1. The summed E-state index contributed by atoms with van der Waals surface area (Å²) in [4.78, 5) is 36.0. The zero-order chi connectivity index (χ0) is 18.8. The van der Waals surface area contributed by atoms with Gasteiger partial charge in [0.25, 0.3) is 0 Å². The normalized spacial score (nSPS) is 11.6. The minimum absolute atomic E-state index is 0.0372. The lowest BCUT2D eigenvalue weighted by Gasteiger charge is -2.15. The average molecular weight is 388 g/mol. The fourth-order valence-corrected chi connectivity index (χ4v) is 4.44. The molecule has 0 aromatic heterocycles. The number of carbonyl (C=O) groups excluding carboxylic acids is 3. The zero-order valence-electron chi connectivity index (χ0n) is 14.5. The van der Waals surface area contributed by atoms with Gasteiger partial charge in [0.2, 0.25) is 11.0 Å². The summed E-state index contributed by atoms with van der Waals surface area (Å²) < 4.78 is 0. The fraction of sp³-hybridized carbons (Fsp3) is 0.250. The van der Waals surface area contributed by atoms with E-state index in [2.05, 4.69) is 5.32 Å². The standard InChI is InChI=1S/C20H21NO3S2/c1-15(22)12-18(19(23)21-13-16-8-4-2-5-9-16)14-25-26-20(24)17-10-6-3-7-11-17/h2-11,18H,12-14H2,1H3,(H,21,23). The van der Waals surface area contributed by atoms with Gasteiger partial charge < -0.3 is 10.1 Å². The van der Waals surface area contributed by atoms with Crippen molar-refractivity contribution < 1.29 is 14.4 Å². The van der Waals surface area contributed by atoms with Crippen LogP contribution in [0, 0.1) is 5.92 Å². The molecule has 0 heterocycles. The Morgan fingerprint density at radius 1 is 0.962 bits per heavy atom. The van der Waals surface area contributed by atoms with E-state index in [1.165, 1.54) is 17.7 Å². The molecule has 0 saturated heterocycles. The summed E-state index contributed by atoms with van der Waals surface area (Å²) in [6.07, 6.45) is 0.174. The summed E-state index contributed by atoms with van der Waals surface area (Å²) in [7, 11) is 2.41. The molecule has 0 bridgehead atoms. The minimum atomic E-state index is -0.447. The number of hydrogen-bond donors (Lipinski definition) is 1. The van der Waals surface area contributed by atoms with Crippen molar-refractivity contribution in [2.24, 2.45) is 5.92 Å². The number of carbonyl (C=O) groups is 3. The van der Waals surface area contributed by atoms with E-state index in [0.717, 1.165) is 16.4 Å². The minimum Gasteiger partial charge on any atom is -0.352 e. The van der Waals surface area contributed by atoms with Crippen molar-refractivity contribution in [3.05, 3.63) is 71.8 Å². The van der Waals surface area contributed by atoms with Crippen LogP contribution in [0.2, 0.25) is 0 Å². The maximum Gasteiger partial charge on any atom is 0.229 e. The van der Waals surface area contributed by atoms with E-state index in [4.69, 9.17) is 0 Å². The lowest BCUT2D eigenvalue weighted by molar-refractivity contribution is -0.128. The quantitative estimate of drug-likeness (QED) is 0.656. The van der Waals surface area contributed by atoms with E-state index in [0.29, 0.717) is 17.9 Å². The predicted molar refractivity (Wildman–Crippen MR) is 108 cm³/mol. The highest BCUT2D eigenvalue weighted by Gasteiger charge is 2.21. The first-order valence-corrected chi connectivity index (χ1v) is 10.6. The summed E-state index contributed by atoms with van der Waals surface area (Å²) in [5, 5.41) is 2.82. The van der Waals surface area contributed by atoms with E-state index in [1.807, 2.05) is 48.5 Å². The van der Waals surface area contributed by atoms with Gasteiger partial charge in [0.15, 0.2) is 0 Å². The maximum absolute atomic E-state index is 12.4. The van der Waals surface area contributed by atoms with E-state index in [-0.39, 0.29) is 23.2 Å². The van der Waals surface area contributed by atoms with Crippen LogP contribution in [0.15, 0.2) is 60.7 Å². The molecule has 0 saturated carbocycles. The van der Waals surface area contributed by atoms with Crippen molar-refractivity contribution in [2.45, 2.75) is 19.9 Å². The Morgan fingerprint density at radius 2 is 1.58 bits per heavy atom.